The van der Waals surface area contributed by atoms with Crippen molar-refractivity contribution in [3.63, 3.8) is 0 Å². The first kappa shape index (κ1) is 22.2. The van der Waals surface area contributed by atoms with Crippen molar-refractivity contribution in [1.29, 1.82) is 0 Å². The summed E-state index contributed by atoms with van der Waals surface area (Å²) in [5, 5.41) is 21.9. The Morgan fingerprint density at radius 2 is 1.68 bits per heavy atom. The minimum atomic E-state index is -2.22. The summed E-state index contributed by atoms with van der Waals surface area (Å²) < 4.78 is 24.0. The van der Waals surface area contributed by atoms with Gasteiger partial charge in [0.2, 0.25) is 0 Å². The van der Waals surface area contributed by atoms with Crippen molar-refractivity contribution in [1.82, 2.24) is 0 Å². The summed E-state index contributed by atoms with van der Waals surface area (Å²) in [7, 11) is -1.02. The summed E-state index contributed by atoms with van der Waals surface area (Å²) in [4.78, 5) is 12.4. The normalized spacial score (nSPS) is 38.3. The molecule has 7 nitrogen and oxygen atoms in total. The quantitative estimate of drug-likeness (QED) is 0.539. The van der Waals surface area contributed by atoms with Crippen LogP contribution in [0.15, 0.2) is 0 Å². The zero-order valence-electron chi connectivity index (χ0n) is 18.0. The van der Waals surface area contributed by atoms with Crippen molar-refractivity contribution in [2.45, 2.75) is 113 Å². The highest BCUT2D eigenvalue weighted by atomic mass is 28.4. The van der Waals surface area contributed by atoms with E-state index in [-0.39, 0.29) is 11.5 Å². The molecule has 28 heavy (non-hydrogen) atoms. The van der Waals surface area contributed by atoms with Crippen LogP contribution in [-0.4, -0.2) is 67.4 Å². The first-order valence-corrected chi connectivity index (χ1v) is 13.3. The Bertz CT molecular complexity index is 596. The molecule has 1 spiro atoms. The van der Waals surface area contributed by atoms with Crippen LogP contribution in [0.1, 0.15) is 59.3 Å². The van der Waals surface area contributed by atoms with E-state index in [0.717, 1.165) is 32.1 Å². The Balaban J connectivity index is 1.94. The Labute approximate surface area is 168 Å². The fourth-order valence-electron chi connectivity index (χ4n) is 4.38. The summed E-state index contributed by atoms with van der Waals surface area (Å²) in [6.07, 6.45) is 1.20. The van der Waals surface area contributed by atoms with Gasteiger partial charge in [0, 0.05) is 19.3 Å². The van der Waals surface area contributed by atoms with Gasteiger partial charge in [0.05, 0.1) is 13.2 Å². The number of hydrogen-bond donors (Lipinski definition) is 2. The number of carbonyl (C=O) groups is 1. The second-order valence-electron chi connectivity index (χ2n) is 10.1. The maximum absolute atomic E-state index is 12.4. The highest BCUT2D eigenvalue weighted by Crippen LogP contribution is 2.49. The first-order valence-electron chi connectivity index (χ1n) is 10.4. The summed E-state index contributed by atoms with van der Waals surface area (Å²) in [6.45, 7) is 10.6. The van der Waals surface area contributed by atoms with Crippen LogP contribution in [0.5, 0.6) is 0 Å². The van der Waals surface area contributed by atoms with Crippen LogP contribution < -0.4 is 0 Å². The van der Waals surface area contributed by atoms with Gasteiger partial charge in [-0.25, -0.2) is 4.79 Å². The first-order chi connectivity index (χ1) is 12.9. The molecule has 0 aromatic heterocycles. The Morgan fingerprint density at radius 1 is 1.11 bits per heavy atom. The summed E-state index contributed by atoms with van der Waals surface area (Å²) in [5.74, 6) is -1.62. The number of esters is 1. The third-order valence-electron chi connectivity index (χ3n) is 7.11. The average Bonchev–Trinajstić information content (AvgIpc) is 2.97. The van der Waals surface area contributed by atoms with Crippen LogP contribution in [0, 0.1) is 0 Å². The van der Waals surface area contributed by atoms with E-state index in [1.165, 1.54) is 7.11 Å². The molecule has 8 heteroatoms. The van der Waals surface area contributed by atoms with Gasteiger partial charge in [0.15, 0.2) is 19.7 Å². The number of hydrogen-bond acceptors (Lipinski definition) is 7. The van der Waals surface area contributed by atoms with Crippen molar-refractivity contribution < 1.29 is 33.6 Å². The van der Waals surface area contributed by atoms with Crippen molar-refractivity contribution >= 4 is 14.3 Å². The second-order valence-corrected chi connectivity index (χ2v) is 14.9. The lowest BCUT2D eigenvalue weighted by Gasteiger charge is -2.47. The molecule has 0 amide bonds. The molecule has 3 aliphatic rings. The van der Waals surface area contributed by atoms with E-state index < -0.39 is 50.1 Å². The van der Waals surface area contributed by atoms with Gasteiger partial charge in [-0.3, -0.25) is 0 Å². The lowest BCUT2D eigenvalue weighted by atomic mass is 9.77. The van der Waals surface area contributed by atoms with Crippen molar-refractivity contribution in [3.05, 3.63) is 0 Å². The van der Waals surface area contributed by atoms with Gasteiger partial charge in [-0.1, -0.05) is 27.2 Å². The number of carbonyl (C=O) groups excluding carboxylic acids is 1. The lowest BCUT2D eigenvalue weighted by molar-refractivity contribution is -0.216. The van der Waals surface area contributed by atoms with Gasteiger partial charge < -0.3 is 28.8 Å². The average molecular weight is 417 g/mol. The molecular formula is C20H36O7Si. The van der Waals surface area contributed by atoms with E-state index in [2.05, 4.69) is 33.9 Å². The molecule has 2 aliphatic carbocycles. The fourth-order valence-corrected chi connectivity index (χ4v) is 5.70. The zero-order valence-corrected chi connectivity index (χ0v) is 19.0. The predicted octanol–water partition coefficient (Wildman–Crippen LogP) is 2.49. The fraction of sp³-hybridized carbons (Fsp3) is 0.950. The van der Waals surface area contributed by atoms with Gasteiger partial charge in [-0.05, 0) is 31.0 Å². The highest BCUT2D eigenvalue weighted by molar-refractivity contribution is 6.74. The van der Waals surface area contributed by atoms with E-state index in [0.29, 0.717) is 0 Å². The molecule has 3 fully saturated rings. The number of ether oxygens (including phenoxy) is 3. The Hall–Kier alpha value is -0.513. The molecule has 1 heterocycles. The van der Waals surface area contributed by atoms with Gasteiger partial charge in [-0.15, -0.1) is 0 Å². The molecule has 0 aromatic carbocycles. The number of rotatable bonds is 3. The summed E-state index contributed by atoms with van der Waals surface area (Å²) in [5.41, 5.74) is -2.08. The number of methoxy groups -OCH3 is 1. The topological polar surface area (TPSA) is 94.5 Å². The molecule has 2 saturated carbocycles. The molecule has 0 radical (unpaired) electrons. The van der Waals surface area contributed by atoms with Crippen molar-refractivity contribution in [3.8, 4) is 0 Å². The molecule has 3 rings (SSSR count). The third-order valence-corrected chi connectivity index (χ3v) is 11.6. The van der Waals surface area contributed by atoms with Gasteiger partial charge in [-0.2, -0.15) is 0 Å². The van der Waals surface area contributed by atoms with E-state index >= 15 is 0 Å². The summed E-state index contributed by atoms with van der Waals surface area (Å²) in [6, 6.07) is 0. The van der Waals surface area contributed by atoms with Crippen LogP contribution in [-0.2, 0) is 23.4 Å². The third kappa shape index (κ3) is 3.67. The molecule has 162 valence electrons. The van der Waals surface area contributed by atoms with Crippen molar-refractivity contribution in [2.24, 2.45) is 0 Å². The molecule has 5 atom stereocenters. The molecule has 0 bridgehead atoms. The van der Waals surface area contributed by atoms with E-state index in [1.54, 1.807) is 0 Å². The lowest BCUT2D eigenvalue weighted by Crippen LogP contribution is -2.67. The summed E-state index contributed by atoms with van der Waals surface area (Å²) >= 11 is 0. The second kappa shape index (κ2) is 7.32. The predicted molar refractivity (Wildman–Crippen MR) is 105 cm³/mol. The molecule has 0 unspecified atom stereocenters. The van der Waals surface area contributed by atoms with Gasteiger partial charge >= 0.3 is 5.97 Å². The van der Waals surface area contributed by atoms with Crippen LogP contribution >= 0.6 is 0 Å². The molecular weight excluding hydrogens is 380 g/mol. The molecule has 2 N–H and O–H groups in total. The molecule has 1 aliphatic heterocycles. The number of fused-ring (bicyclic) bond motifs is 1. The zero-order chi connectivity index (χ0) is 21.0. The molecule has 1 saturated heterocycles. The van der Waals surface area contributed by atoms with E-state index in [1.807, 2.05) is 0 Å². The van der Waals surface area contributed by atoms with Crippen LogP contribution in [0.25, 0.3) is 0 Å². The number of aliphatic hydroxyl groups is 2. The maximum atomic E-state index is 12.4. The van der Waals surface area contributed by atoms with Gasteiger partial charge in [0.25, 0.3) is 0 Å². The minimum Gasteiger partial charge on any atom is -0.467 e. The maximum Gasteiger partial charge on any atom is 0.340 e. The largest absolute Gasteiger partial charge is 0.467 e. The van der Waals surface area contributed by atoms with Crippen molar-refractivity contribution in [2.75, 3.05) is 7.11 Å². The Kier molecular flexibility index (Phi) is 5.80. The highest BCUT2D eigenvalue weighted by Gasteiger charge is 2.65. The smallest absolute Gasteiger partial charge is 0.340 e. The van der Waals surface area contributed by atoms with Crippen LogP contribution in [0.2, 0.25) is 18.1 Å². The number of aliphatic hydroxyl groups excluding tert-OH is 1. The minimum absolute atomic E-state index is 0.0517. The Morgan fingerprint density at radius 3 is 2.21 bits per heavy atom. The SMILES string of the molecule is COC(=O)[C@]1(O)C[C@@H](O[Si](C)(C)C(C)(C)C)[C@@H]2OC3(CCCCC3)O[C@@H]2[C@H]1O. The van der Waals surface area contributed by atoms with E-state index in [9.17, 15) is 15.0 Å². The standard InChI is InChI=1S/C20H36O7Si/c1-18(2,3)28(5,6)27-13-12-20(23,17(22)24-4)16(21)15-14(13)25-19(26-15)10-8-7-9-11-19/h13-16,21,23H,7-12H2,1-6H3/t13-,14+,15+,16-,20+/m1/s1. The monoisotopic (exact) mass is 416 g/mol. The van der Waals surface area contributed by atoms with E-state index in [4.69, 9.17) is 18.6 Å². The van der Waals surface area contributed by atoms with Crippen LogP contribution in [0.4, 0.5) is 0 Å². The molecule has 0 aromatic rings. The van der Waals surface area contributed by atoms with Crippen LogP contribution in [0.3, 0.4) is 0 Å². The van der Waals surface area contributed by atoms with Gasteiger partial charge in [0.1, 0.15) is 18.3 Å².